The van der Waals surface area contributed by atoms with E-state index in [1.165, 1.54) is 51.9 Å². The molecule has 9 atom stereocenters. The number of hydrogen-bond donors (Lipinski definition) is 0. The van der Waals surface area contributed by atoms with Crippen LogP contribution in [0.25, 0.3) is 0 Å². The van der Waals surface area contributed by atoms with Gasteiger partial charge in [-0.15, -0.1) is 0 Å². The predicted octanol–water partition coefficient (Wildman–Crippen LogP) is 8.51. The maximum absolute atomic E-state index is 12.9. The van der Waals surface area contributed by atoms with E-state index >= 15 is 0 Å². The molecule has 4 nitrogen and oxygen atoms in total. The van der Waals surface area contributed by atoms with Crippen LogP contribution in [0.4, 0.5) is 0 Å². The zero-order chi connectivity index (χ0) is 27.0. The monoisotopic (exact) mass is 516 g/mol. The highest BCUT2D eigenvalue weighted by atomic mass is 16.6. The summed E-state index contributed by atoms with van der Waals surface area (Å²) in [5.74, 6) is 4.33. The van der Waals surface area contributed by atoms with E-state index in [1.807, 2.05) is 6.92 Å². The summed E-state index contributed by atoms with van der Waals surface area (Å²) >= 11 is 0. The Labute approximate surface area is 227 Å². The smallest absolute Gasteiger partial charge is 0.306 e. The molecular weight excluding hydrogens is 460 g/mol. The molecule has 4 fully saturated rings. The molecule has 0 N–H and O–H groups in total. The average molecular weight is 517 g/mol. The van der Waals surface area contributed by atoms with Crippen molar-refractivity contribution in [1.82, 2.24) is 0 Å². The molecule has 0 aromatic rings. The third-order valence-corrected chi connectivity index (χ3v) is 12.0. The third kappa shape index (κ3) is 5.38. The molecule has 0 spiro atoms. The largest absolute Gasteiger partial charge is 0.462 e. The number of esters is 2. The molecule has 0 aliphatic heterocycles. The normalized spacial score (nSPS) is 41.9. The molecule has 212 valence electrons. The van der Waals surface area contributed by atoms with E-state index in [-0.39, 0.29) is 23.5 Å². The van der Waals surface area contributed by atoms with Crippen LogP contribution in [0.15, 0.2) is 0 Å². The van der Waals surface area contributed by atoms with Gasteiger partial charge in [0.2, 0.25) is 0 Å². The van der Waals surface area contributed by atoms with Crippen LogP contribution in [-0.4, -0.2) is 23.6 Å². The lowest BCUT2D eigenvalue weighted by atomic mass is 9.43. The van der Waals surface area contributed by atoms with Gasteiger partial charge < -0.3 is 9.47 Å². The average Bonchev–Trinajstić information content (AvgIpc) is 3.16. The van der Waals surface area contributed by atoms with Crippen LogP contribution in [0, 0.1) is 46.3 Å². The fraction of sp³-hybridized carbons (Fsp3) is 0.939. The van der Waals surface area contributed by atoms with Gasteiger partial charge in [-0.25, -0.2) is 0 Å². The van der Waals surface area contributed by atoms with Crippen molar-refractivity contribution in [3.8, 4) is 0 Å². The first-order valence-electron chi connectivity index (χ1n) is 15.8. The minimum absolute atomic E-state index is 0.0295. The highest BCUT2D eigenvalue weighted by Crippen LogP contribution is 2.70. The number of fused-ring (bicyclic) bond motifs is 5. The number of carbonyl (C=O) groups is 2. The maximum Gasteiger partial charge on any atom is 0.306 e. The lowest BCUT2D eigenvalue weighted by molar-refractivity contribution is -0.240. The summed E-state index contributed by atoms with van der Waals surface area (Å²) in [4.78, 5) is 24.8. The van der Waals surface area contributed by atoms with E-state index in [9.17, 15) is 9.59 Å². The van der Waals surface area contributed by atoms with Crippen LogP contribution in [0.1, 0.15) is 138 Å². The zero-order valence-electron chi connectivity index (χ0n) is 25.1. The van der Waals surface area contributed by atoms with Crippen molar-refractivity contribution in [2.24, 2.45) is 46.3 Å². The summed E-state index contributed by atoms with van der Waals surface area (Å²) in [6.45, 7) is 15.9. The van der Waals surface area contributed by atoms with Gasteiger partial charge in [-0.1, -0.05) is 60.8 Å². The Bertz CT molecular complexity index is 821. The molecule has 4 aliphatic rings. The highest BCUT2D eigenvalue weighted by Gasteiger charge is 2.66. The molecule has 4 aliphatic carbocycles. The fourth-order valence-electron chi connectivity index (χ4n) is 10.2. The van der Waals surface area contributed by atoms with Gasteiger partial charge in [0.05, 0.1) is 0 Å². The van der Waals surface area contributed by atoms with Gasteiger partial charge in [-0.3, -0.25) is 9.59 Å². The Morgan fingerprint density at radius 2 is 1.68 bits per heavy atom. The van der Waals surface area contributed by atoms with E-state index in [4.69, 9.17) is 9.47 Å². The topological polar surface area (TPSA) is 52.6 Å². The molecule has 0 amide bonds. The summed E-state index contributed by atoms with van der Waals surface area (Å²) in [5.41, 5.74) is -0.0600. The Hall–Kier alpha value is -1.06. The molecule has 0 radical (unpaired) electrons. The fourth-order valence-corrected chi connectivity index (χ4v) is 10.2. The van der Waals surface area contributed by atoms with Gasteiger partial charge in [0, 0.05) is 25.2 Å². The first kappa shape index (κ1) is 28.9. The van der Waals surface area contributed by atoms with Crippen molar-refractivity contribution in [3.05, 3.63) is 0 Å². The second-order valence-corrected chi connectivity index (χ2v) is 14.6. The SMILES string of the molecule is CCCC(=O)O[C@@]12CC[C@H]3[C@@H]4CC[C@H]([C@H](C)CCCC(C)C)[C@@]4(C)CC[C@@H]3[C@@]1(C)CC[C@H](OC(C)=O)C2. The first-order valence-corrected chi connectivity index (χ1v) is 15.8. The van der Waals surface area contributed by atoms with E-state index in [1.54, 1.807) is 0 Å². The number of carbonyl (C=O) groups excluding carboxylic acids is 2. The van der Waals surface area contributed by atoms with Gasteiger partial charge in [0.15, 0.2) is 0 Å². The van der Waals surface area contributed by atoms with Crippen molar-refractivity contribution in [3.63, 3.8) is 0 Å². The molecule has 0 aromatic heterocycles. The predicted molar refractivity (Wildman–Crippen MR) is 149 cm³/mol. The summed E-state index contributed by atoms with van der Waals surface area (Å²) in [5, 5.41) is 0. The second-order valence-electron chi connectivity index (χ2n) is 14.6. The minimum atomic E-state index is -0.491. The van der Waals surface area contributed by atoms with Crippen molar-refractivity contribution in [2.75, 3.05) is 0 Å². The van der Waals surface area contributed by atoms with Crippen molar-refractivity contribution in [2.45, 2.75) is 150 Å². The van der Waals surface area contributed by atoms with Gasteiger partial charge in [0.25, 0.3) is 0 Å². The van der Waals surface area contributed by atoms with E-state index in [2.05, 4.69) is 34.6 Å². The highest BCUT2D eigenvalue weighted by molar-refractivity contribution is 5.70. The van der Waals surface area contributed by atoms with Crippen LogP contribution in [0.5, 0.6) is 0 Å². The Balaban J connectivity index is 1.55. The van der Waals surface area contributed by atoms with Gasteiger partial charge >= 0.3 is 11.9 Å². The quantitative estimate of drug-likeness (QED) is 0.288. The van der Waals surface area contributed by atoms with E-state index < -0.39 is 5.60 Å². The second kappa shape index (κ2) is 11.2. The summed E-state index contributed by atoms with van der Waals surface area (Å²) in [6.07, 6.45) is 15.3. The lowest BCUT2D eigenvalue weighted by Crippen LogP contribution is -2.64. The molecule has 0 bridgehead atoms. The Morgan fingerprint density at radius 1 is 0.919 bits per heavy atom. The molecule has 4 heteroatoms. The zero-order valence-corrected chi connectivity index (χ0v) is 25.1. The minimum Gasteiger partial charge on any atom is -0.462 e. The maximum atomic E-state index is 12.9. The van der Waals surface area contributed by atoms with Crippen LogP contribution < -0.4 is 0 Å². The van der Waals surface area contributed by atoms with Crippen LogP contribution in [-0.2, 0) is 19.1 Å². The lowest BCUT2D eigenvalue weighted by Gasteiger charge is -2.65. The standard InChI is InChI=1S/C33H56O4/c1-8-10-30(35)37-33-20-16-26-28-14-13-27(23(4)12-9-11-22(2)3)31(28,6)18-17-29(26)32(33,7)19-15-25(21-33)36-24(5)34/h22-23,25-29H,8-21H2,1-7H3/t23-,25+,26+,27-,28+,29+,31-,32-,33-/m1/s1. The number of rotatable bonds is 9. The molecule has 4 saturated carbocycles. The van der Waals surface area contributed by atoms with Gasteiger partial charge in [-0.2, -0.15) is 0 Å². The van der Waals surface area contributed by atoms with Crippen molar-refractivity contribution < 1.29 is 19.1 Å². The summed E-state index contributed by atoms with van der Waals surface area (Å²) in [7, 11) is 0. The van der Waals surface area contributed by atoms with Crippen LogP contribution in [0.2, 0.25) is 0 Å². The molecular formula is C33H56O4. The van der Waals surface area contributed by atoms with E-state index in [0.29, 0.717) is 24.2 Å². The molecule has 4 rings (SSSR count). The van der Waals surface area contributed by atoms with Crippen molar-refractivity contribution in [1.29, 1.82) is 0 Å². The van der Waals surface area contributed by atoms with E-state index in [0.717, 1.165) is 61.7 Å². The van der Waals surface area contributed by atoms with Crippen LogP contribution >= 0.6 is 0 Å². The number of ether oxygens (including phenoxy) is 2. The Kier molecular flexibility index (Phi) is 8.76. The summed E-state index contributed by atoms with van der Waals surface area (Å²) < 4.78 is 12.2. The molecule has 0 aromatic carbocycles. The Morgan fingerprint density at radius 3 is 2.35 bits per heavy atom. The van der Waals surface area contributed by atoms with Gasteiger partial charge in [0.1, 0.15) is 11.7 Å². The summed E-state index contributed by atoms with van der Waals surface area (Å²) in [6, 6.07) is 0. The first-order chi connectivity index (χ1) is 17.5. The van der Waals surface area contributed by atoms with Gasteiger partial charge in [-0.05, 0) is 98.7 Å². The molecule has 0 unspecified atom stereocenters. The molecule has 37 heavy (non-hydrogen) atoms. The molecule has 0 heterocycles. The van der Waals surface area contributed by atoms with Crippen molar-refractivity contribution >= 4 is 11.9 Å². The molecule has 0 saturated heterocycles. The third-order valence-electron chi connectivity index (χ3n) is 12.0. The van der Waals surface area contributed by atoms with Crippen LogP contribution in [0.3, 0.4) is 0 Å². The number of hydrogen-bond acceptors (Lipinski definition) is 4.